The Labute approximate surface area is 187 Å². The average Bonchev–Trinajstić information content (AvgIpc) is 2.75. The minimum absolute atomic E-state index is 0.0920. The molecule has 0 aliphatic rings. The molecule has 0 amide bonds. The first-order chi connectivity index (χ1) is 15.4. The van der Waals surface area contributed by atoms with Gasteiger partial charge in [-0.25, -0.2) is 0 Å². The molecule has 3 rings (SSSR count). The lowest BCUT2D eigenvalue weighted by Crippen LogP contribution is -2.17. The summed E-state index contributed by atoms with van der Waals surface area (Å²) >= 11 is 0. The third-order valence-corrected chi connectivity index (χ3v) is 5.32. The maximum absolute atomic E-state index is 13.6. The van der Waals surface area contributed by atoms with Crippen molar-refractivity contribution >= 4 is 5.78 Å². The van der Waals surface area contributed by atoms with E-state index in [9.17, 15) is 31.1 Å². The third-order valence-electron chi connectivity index (χ3n) is 5.32. The van der Waals surface area contributed by atoms with Crippen molar-refractivity contribution in [2.75, 3.05) is 0 Å². The normalized spacial score (nSPS) is 13.1. The summed E-state index contributed by atoms with van der Waals surface area (Å²) in [6.07, 6.45) is -7.93. The maximum atomic E-state index is 13.6. The van der Waals surface area contributed by atoms with Gasteiger partial charge in [-0.15, -0.1) is 0 Å². The Bertz CT molecular complexity index is 1100. The van der Waals surface area contributed by atoms with Crippen molar-refractivity contribution in [3.05, 3.63) is 100 Å². The fourth-order valence-electron chi connectivity index (χ4n) is 3.69. The highest BCUT2D eigenvalue weighted by molar-refractivity contribution is 5.80. The second kappa shape index (κ2) is 9.77. The fourth-order valence-corrected chi connectivity index (χ4v) is 3.69. The maximum Gasteiger partial charge on any atom is 0.418 e. The van der Waals surface area contributed by atoms with Crippen LogP contribution in [0.15, 0.2) is 66.9 Å². The molecule has 2 nitrogen and oxygen atoms in total. The smallest absolute Gasteiger partial charge is 0.300 e. The number of benzene rings is 2. The molecule has 0 fully saturated rings. The Kier molecular flexibility index (Phi) is 7.25. The number of nitrogens with zero attached hydrogens (tertiary/aromatic N) is 1. The zero-order valence-corrected chi connectivity index (χ0v) is 17.7. The number of carbonyl (C=O) groups is 1. The van der Waals surface area contributed by atoms with Gasteiger partial charge in [-0.2, -0.15) is 26.3 Å². The number of hydrogen-bond donors (Lipinski definition) is 0. The molecule has 1 atom stereocenters. The van der Waals surface area contributed by atoms with Crippen LogP contribution in [0.25, 0.3) is 0 Å². The van der Waals surface area contributed by atoms with Crippen LogP contribution >= 0.6 is 0 Å². The second-order valence-corrected chi connectivity index (χ2v) is 7.84. The van der Waals surface area contributed by atoms with Crippen molar-refractivity contribution in [3.8, 4) is 0 Å². The monoisotopic (exact) mass is 465 g/mol. The molecular weight excluding hydrogens is 444 g/mol. The van der Waals surface area contributed by atoms with Gasteiger partial charge in [-0.3, -0.25) is 9.78 Å². The summed E-state index contributed by atoms with van der Waals surface area (Å²) in [5, 5.41) is 0. The van der Waals surface area contributed by atoms with Gasteiger partial charge in [0.1, 0.15) is 5.78 Å². The number of pyridine rings is 1. The van der Waals surface area contributed by atoms with Gasteiger partial charge in [0.25, 0.3) is 0 Å². The molecule has 0 spiro atoms. The molecule has 174 valence electrons. The molecule has 0 saturated heterocycles. The van der Waals surface area contributed by atoms with Gasteiger partial charge in [-0.1, -0.05) is 42.0 Å². The van der Waals surface area contributed by atoms with Crippen LogP contribution in [0, 0.1) is 6.92 Å². The van der Waals surface area contributed by atoms with E-state index in [0.717, 1.165) is 47.5 Å². The molecule has 0 bridgehead atoms. The first kappa shape index (κ1) is 24.5. The highest BCUT2D eigenvalue weighted by atomic mass is 19.4. The Morgan fingerprint density at radius 2 is 1.61 bits per heavy atom. The Morgan fingerprint density at radius 3 is 2.21 bits per heavy atom. The van der Waals surface area contributed by atoms with Gasteiger partial charge in [0.15, 0.2) is 0 Å². The molecule has 8 heteroatoms. The fraction of sp³-hybridized carbons (Fsp3) is 0.280. The van der Waals surface area contributed by atoms with E-state index in [0.29, 0.717) is 6.42 Å². The van der Waals surface area contributed by atoms with Crippen molar-refractivity contribution in [2.24, 2.45) is 0 Å². The molecule has 0 aliphatic heterocycles. The number of aryl methyl sites for hydroxylation is 2. The number of carbonyl (C=O) groups excluding carboxylic acids is 1. The van der Waals surface area contributed by atoms with Gasteiger partial charge in [0.2, 0.25) is 0 Å². The van der Waals surface area contributed by atoms with Crippen LogP contribution in [-0.4, -0.2) is 10.8 Å². The first-order valence-electron chi connectivity index (χ1n) is 10.2. The summed E-state index contributed by atoms with van der Waals surface area (Å²) in [5.41, 5.74) is -0.215. The van der Waals surface area contributed by atoms with Gasteiger partial charge >= 0.3 is 12.4 Å². The van der Waals surface area contributed by atoms with E-state index in [1.54, 1.807) is 0 Å². The van der Waals surface area contributed by atoms with E-state index in [1.807, 2.05) is 31.2 Å². The van der Waals surface area contributed by atoms with Crippen LogP contribution in [0.3, 0.4) is 0 Å². The van der Waals surface area contributed by atoms with Crippen molar-refractivity contribution in [1.29, 1.82) is 0 Å². The Balaban J connectivity index is 1.92. The number of hydrogen-bond acceptors (Lipinski definition) is 2. The summed E-state index contributed by atoms with van der Waals surface area (Å²) < 4.78 is 79.7. The second-order valence-electron chi connectivity index (χ2n) is 7.84. The van der Waals surface area contributed by atoms with Crippen molar-refractivity contribution in [2.45, 2.75) is 44.5 Å². The number of ketones is 1. The van der Waals surface area contributed by atoms with Gasteiger partial charge in [-0.05, 0) is 48.7 Å². The summed E-state index contributed by atoms with van der Waals surface area (Å²) in [5.74, 6) is -1.43. The lowest BCUT2D eigenvalue weighted by atomic mass is 9.86. The topological polar surface area (TPSA) is 30.0 Å². The van der Waals surface area contributed by atoms with Gasteiger partial charge in [0.05, 0.1) is 16.8 Å². The first-order valence-corrected chi connectivity index (χ1v) is 10.2. The van der Waals surface area contributed by atoms with Gasteiger partial charge in [0, 0.05) is 25.0 Å². The predicted octanol–water partition coefficient (Wildman–Crippen LogP) is 7.15. The van der Waals surface area contributed by atoms with Crippen LogP contribution in [-0.2, 0) is 23.6 Å². The lowest BCUT2D eigenvalue weighted by Gasteiger charge is -2.21. The summed E-state index contributed by atoms with van der Waals surface area (Å²) in [4.78, 5) is 16.6. The minimum Gasteiger partial charge on any atom is -0.300 e. The van der Waals surface area contributed by atoms with Crippen LogP contribution < -0.4 is 0 Å². The third kappa shape index (κ3) is 6.43. The van der Waals surface area contributed by atoms with Gasteiger partial charge < -0.3 is 0 Å². The molecule has 0 radical (unpaired) electrons. The minimum atomic E-state index is -4.72. The zero-order valence-electron chi connectivity index (χ0n) is 17.7. The van der Waals surface area contributed by atoms with Crippen LogP contribution in [0.4, 0.5) is 26.3 Å². The molecule has 0 saturated carbocycles. The molecule has 1 heterocycles. The highest BCUT2D eigenvalue weighted by Crippen LogP contribution is 2.39. The van der Waals surface area contributed by atoms with Crippen molar-refractivity contribution < 1.29 is 31.1 Å². The van der Waals surface area contributed by atoms with E-state index in [4.69, 9.17) is 0 Å². The van der Waals surface area contributed by atoms with Crippen molar-refractivity contribution in [1.82, 2.24) is 4.98 Å². The van der Waals surface area contributed by atoms with Crippen LogP contribution in [0.1, 0.15) is 52.3 Å². The number of aromatic nitrogens is 1. The van der Waals surface area contributed by atoms with E-state index >= 15 is 0 Å². The van der Waals surface area contributed by atoms with E-state index in [-0.39, 0.29) is 29.9 Å². The van der Waals surface area contributed by atoms with E-state index < -0.39 is 29.4 Å². The van der Waals surface area contributed by atoms with Crippen LogP contribution in [0.5, 0.6) is 0 Å². The molecule has 2 aromatic carbocycles. The molecule has 3 aromatic rings. The molecular formula is C25H21F6NO. The predicted molar refractivity (Wildman–Crippen MR) is 112 cm³/mol. The lowest BCUT2D eigenvalue weighted by molar-refractivity contribution is -0.139. The average molecular weight is 465 g/mol. The number of Topliss-reactive ketones (excluding diaryl/α,β-unsaturated/α-hetero) is 1. The Morgan fingerprint density at radius 1 is 0.909 bits per heavy atom. The molecule has 33 heavy (non-hydrogen) atoms. The molecule has 0 N–H and O–H groups in total. The summed E-state index contributed by atoms with van der Waals surface area (Å²) in [6.45, 7) is 1.91. The molecule has 1 aromatic heterocycles. The van der Waals surface area contributed by atoms with E-state index in [1.165, 1.54) is 6.20 Å². The Hall–Kier alpha value is -3.16. The quantitative estimate of drug-likeness (QED) is 0.347. The highest BCUT2D eigenvalue weighted by Gasteiger charge is 2.37. The summed E-state index contributed by atoms with van der Waals surface area (Å²) in [7, 11) is 0. The molecule has 0 aliphatic carbocycles. The van der Waals surface area contributed by atoms with Crippen LogP contribution in [0.2, 0.25) is 0 Å². The largest absolute Gasteiger partial charge is 0.418 e. The number of halogens is 6. The summed E-state index contributed by atoms with van der Waals surface area (Å²) in [6, 6.07) is 13.3. The molecule has 0 unspecified atom stereocenters. The number of alkyl halides is 6. The zero-order chi connectivity index (χ0) is 24.2. The number of rotatable bonds is 7. The van der Waals surface area contributed by atoms with Crippen molar-refractivity contribution in [3.63, 3.8) is 0 Å². The standard InChI is InChI=1S/C25H21F6NO/c1-16-4-2-5-17(14-16)7-12-20(33)15-21(18-8-10-19(11-9-18)24(26,27)28)23-22(25(29,30)31)6-3-13-32-23/h2-6,8-11,13-14,21H,7,12,15H2,1H3/t21-/m0/s1. The van der Waals surface area contributed by atoms with E-state index in [2.05, 4.69) is 4.98 Å². The SMILES string of the molecule is Cc1cccc(CCC(=O)C[C@@H](c2ccc(C(F)(F)F)cc2)c2ncccc2C(F)(F)F)c1.